The molecule has 0 fully saturated rings. The molecule has 0 bridgehead atoms. The van der Waals surface area contributed by atoms with Crippen molar-refractivity contribution in [1.29, 1.82) is 0 Å². The second kappa shape index (κ2) is 8.53. The molecule has 1 rings (SSSR count). The minimum atomic E-state index is -0.0474. The van der Waals surface area contributed by atoms with E-state index in [1.54, 1.807) is 13.2 Å². The summed E-state index contributed by atoms with van der Waals surface area (Å²) in [5.41, 5.74) is 1.54. The molecule has 0 aliphatic heterocycles. The Balaban J connectivity index is 2.75. The van der Waals surface area contributed by atoms with Gasteiger partial charge >= 0.3 is 0 Å². The van der Waals surface area contributed by atoms with Crippen molar-refractivity contribution < 1.29 is 14.3 Å². The zero-order chi connectivity index (χ0) is 14.1. The molecule has 0 saturated heterocycles. The molecular weight excluding hydrogens is 242 g/mol. The number of hydrogen-bond donors (Lipinski definition) is 1. The Morgan fingerprint density at radius 2 is 2.11 bits per heavy atom. The van der Waals surface area contributed by atoms with E-state index in [9.17, 15) is 4.79 Å². The fourth-order valence-electron chi connectivity index (χ4n) is 1.73. The highest BCUT2D eigenvalue weighted by atomic mass is 16.5. The highest BCUT2D eigenvalue weighted by Gasteiger charge is 2.09. The molecule has 1 aromatic rings. The first-order valence-electron chi connectivity index (χ1n) is 6.75. The van der Waals surface area contributed by atoms with Crippen LogP contribution in [0.5, 0.6) is 5.75 Å². The van der Waals surface area contributed by atoms with Crippen LogP contribution < -0.4 is 10.1 Å². The van der Waals surface area contributed by atoms with Gasteiger partial charge in [-0.2, -0.15) is 0 Å². The maximum Gasteiger partial charge on any atom is 0.251 e. The predicted octanol–water partition coefficient (Wildman–Crippen LogP) is 2.76. The van der Waals surface area contributed by atoms with E-state index in [0.717, 1.165) is 24.2 Å². The first-order valence-corrected chi connectivity index (χ1v) is 6.75. The monoisotopic (exact) mass is 265 g/mol. The summed E-state index contributed by atoms with van der Waals surface area (Å²) >= 11 is 0. The lowest BCUT2D eigenvalue weighted by molar-refractivity contribution is 0.0952. The number of unbranched alkanes of at least 4 members (excludes halogenated alkanes) is 1. The summed E-state index contributed by atoms with van der Waals surface area (Å²) in [6.07, 6.45) is 2.06. The van der Waals surface area contributed by atoms with E-state index in [1.807, 2.05) is 19.1 Å². The second-order valence-corrected chi connectivity index (χ2v) is 4.27. The third kappa shape index (κ3) is 4.91. The summed E-state index contributed by atoms with van der Waals surface area (Å²) in [4.78, 5) is 12.0. The van der Waals surface area contributed by atoms with Crippen LogP contribution in [0.4, 0.5) is 0 Å². The first-order chi connectivity index (χ1) is 9.22. The number of methoxy groups -OCH3 is 1. The first kappa shape index (κ1) is 15.5. The van der Waals surface area contributed by atoms with E-state index in [-0.39, 0.29) is 5.91 Å². The molecule has 4 nitrogen and oxygen atoms in total. The number of nitrogens with one attached hydrogen (secondary N) is 1. The van der Waals surface area contributed by atoms with E-state index in [1.165, 1.54) is 0 Å². The number of ether oxygens (including phenoxy) is 2. The maximum atomic E-state index is 12.0. The number of rotatable bonds is 8. The average molecular weight is 265 g/mol. The predicted molar refractivity (Wildman–Crippen MR) is 75.6 cm³/mol. The minimum Gasteiger partial charge on any atom is -0.496 e. The number of benzene rings is 1. The molecule has 0 spiro atoms. The third-order valence-electron chi connectivity index (χ3n) is 2.82. The Kier molecular flexibility index (Phi) is 6.97. The fraction of sp³-hybridized carbons (Fsp3) is 0.533. The lowest BCUT2D eigenvalue weighted by Crippen LogP contribution is -2.24. The normalized spacial score (nSPS) is 10.3. The summed E-state index contributed by atoms with van der Waals surface area (Å²) < 4.78 is 10.6. The van der Waals surface area contributed by atoms with Crippen molar-refractivity contribution in [2.24, 2.45) is 0 Å². The Labute approximate surface area is 115 Å². The minimum absolute atomic E-state index is 0.0474. The molecular formula is C15H23NO3. The summed E-state index contributed by atoms with van der Waals surface area (Å²) in [6, 6.07) is 5.41. The number of carbonyl (C=O) groups excluding carboxylic acids is 1. The van der Waals surface area contributed by atoms with Crippen molar-refractivity contribution in [1.82, 2.24) is 5.32 Å². The molecule has 0 atom stereocenters. The molecule has 0 aliphatic carbocycles. The van der Waals surface area contributed by atoms with Crippen LogP contribution >= 0.6 is 0 Å². The smallest absolute Gasteiger partial charge is 0.251 e. The van der Waals surface area contributed by atoms with Gasteiger partial charge in [0.15, 0.2) is 0 Å². The fourth-order valence-corrected chi connectivity index (χ4v) is 1.73. The van der Waals surface area contributed by atoms with E-state index < -0.39 is 0 Å². The Morgan fingerprint density at radius 3 is 2.74 bits per heavy atom. The van der Waals surface area contributed by atoms with Crippen LogP contribution in [0.2, 0.25) is 0 Å². The molecule has 19 heavy (non-hydrogen) atoms. The molecule has 1 N–H and O–H groups in total. The van der Waals surface area contributed by atoms with Gasteiger partial charge in [0.2, 0.25) is 0 Å². The average Bonchev–Trinajstić information content (AvgIpc) is 2.44. The van der Waals surface area contributed by atoms with Crippen LogP contribution in [0.1, 0.15) is 42.6 Å². The largest absolute Gasteiger partial charge is 0.496 e. The van der Waals surface area contributed by atoms with Crippen LogP contribution in [0, 0.1) is 0 Å². The van der Waals surface area contributed by atoms with Gasteiger partial charge in [-0.25, -0.2) is 0 Å². The van der Waals surface area contributed by atoms with E-state index in [4.69, 9.17) is 9.47 Å². The zero-order valence-corrected chi connectivity index (χ0v) is 12.0. The van der Waals surface area contributed by atoms with E-state index in [2.05, 4.69) is 12.2 Å². The van der Waals surface area contributed by atoms with Crippen LogP contribution in [0.3, 0.4) is 0 Å². The summed E-state index contributed by atoms with van der Waals surface area (Å²) in [5.74, 6) is 0.701. The Morgan fingerprint density at radius 1 is 1.32 bits per heavy atom. The van der Waals surface area contributed by atoms with Crippen LogP contribution in [-0.2, 0) is 11.3 Å². The lowest BCUT2D eigenvalue weighted by Gasteiger charge is -2.11. The second-order valence-electron chi connectivity index (χ2n) is 4.27. The van der Waals surface area contributed by atoms with Crippen molar-refractivity contribution in [3.05, 3.63) is 29.3 Å². The molecule has 106 valence electrons. The van der Waals surface area contributed by atoms with Gasteiger partial charge < -0.3 is 14.8 Å². The highest BCUT2D eigenvalue weighted by Crippen LogP contribution is 2.20. The highest BCUT2D eigenvalue weighted by molar-refractivity contribution is 5.94. The van der Waals surface area contributed by atoms with Crippen LogP contribution in [-0.4, -0.2) is 26.2 Å². The van der Waals surface area contributed by atoms with E-state index in [0.29, 0.717) is 25.3 Å². The third-order valence-corrected chi connectivity index (χ3v) is 2.82. The molecule has 0 heterocycles. The van der Waals surface area contributed by atoms with Gasteiger partial charge in [0.1, 0.15) is 5.75 Å². The van der Waals surface area contributed by atoms with Crippen molar-refractivity contribution in [3.63, 3.8) is 0 Å². The number of amides is 1. The Bertz CT molecular complexity index is 404. The molecule has 0 aromatic heterocycles. The molecule has 0 aliphatic rings. The SMILES string of the molecule is CCCCNC(=O)c1ccc(OC)c(COCC)c1. The van der Waals surface area contributed by atoms with Gasteiger partial charge in [-0.1, -0.05) is 13.3 Å². The molecule has 0 radical (unpaired) electrons. The number of carbonyl (C=O) groups is 1. The van der Waals surface area contributed by atoms with E-state index >= 15 is 0 Å². The van der Waals surface area contributed by atoms with Crippen molar-refractivity contribution in [2.45, 2.75) is 33.3 Å². The standard InChI is InChI=1S/C15H23NO3/c1-4-6-9-16-15(17)12-7-8-14(18-3)13(10-12)11-19-5-2/h7-8,10H,4-6,9,11H2,1-3H3,(H,16,17). The summed E-state index contributed by atoms with van der Waals surface area (Å²) in [5, 5.41) is 2.90. The van der Waals surface area contributed by atoms with Crippen molar-refractivity contribution in [2.75, 3.05) is 20.3 Å². The zero-order valence-electron chi connectivity index (χ0n) is 12.0. The van der Waals surface area contributed by atoms with Gasteiger partial charge in [0.05, 0.1) is 13.7 Å². The Hall–Kier alpha value is -1.55. The summed E-state index contributed by atoms with van der Waals surface area (Å²) in [7, 11) is 1.62. The lowest BCUT2D eigenvalue weighted by atomic mass is 10.1. The molecule has 1 amide bonds. The van der Waals surface area contributed by atoms with Crippen molar-refractivity contribution >= 4 is 5.91 Å². The summed E-state index contributed by atoms with van der Waals surface area (Å²) in [6.45, 7) is 5.83. The molecule has 0 unspecified atom stereocenters. The van der Waals surface area contributed by atoms with Crippen LogP contribution in [0.15, 0.2) is 18.2 Å². The number of hydrogen-bond acceptors (Lipinski definition) is 3. The van der Waals surface area contributed by atoms with Crippen molar-refractivity contribution in [3.8, 4) is 5.75 Å². The maximum absolute atomic E-state index is 12.0. The van der Waals surface area contributed by atoms with Crippen LogP contribution in [0.25, 0.3) is 0 Å². The van der Waals surface area contributed by atoms with Gasteiger partial charge in [-0.15, -0.1) is 0 Å². The topological polar surface area (TPSA) is 47.6 Å². The van der Waals surface area contributed by atoms with Gasteiger partial charge in [-0.3, -0.25) is 4.79 Å². The van der Waals surface area contributed by atoms with Gasteiger partial charge in [0, 0.05) is 24.3 Å². The molecule has 1 aromatic carbocycles. The molecule has 0 saturated carbocycles. The van der Waals surface area contributed by atoms with Gasteiger partial charge in [0.25, 0.3) is 5.91 Å². The van der Waals surface area contributed by atoms with Gasteiger partial charge in [-0.05, 0) is 31.5 Å². The quantitative estimate of drug-likeness (QED) is 0.735. The molecule has 4 heteroatoms.